The van der Waals surface area contributed by atoms with Gasteiger partial charge in [0.1, 0.15) is 5.75 Å². The van der Waals surface area contributed by atoms with Crippen LogP contribution in [0, 0.1) is 6.85 Å². The van der Waals surface area contributed by atoms with Crippen molar-refractivity contribution in [3.63, 3.8) is 0 Å². The van der Waals surface area contributed by atoms with E-state index in [4.69, 9.17) is 15.7 Å². The maximum Gasteiger partial charge on any atom is 0.153 e. The van der Waals surface area contributed by atoms with Crippen molar-refractivity contribution in [2.45, 2.75) is 6.85 Å². The molecule has 0 unspecified atom stereocenters. The fraction of sp³-hybridized carbons (Fsp3) is 0.125. The molecule has 0 fully saturated rings. The van der Waals surface area contributed by atoms with Crippen LogP contribution in [-0.4, -0.2) is 11.4 Å². The summed E-state index contributed by atoms with van der Waals surface area (Å²) in [5, 5.41) is 9.51. The lowest BCUT2D eigenvalue weighted by Crippen LogP contribution is -1.84. The second kappa shape index (κ2) is 2.93. The van der Waals surface area contributed by atoms with Crippen LogP contribution in [0.4, 0.5) is 0 Å². The molecule has 0 heterocycles. The topological polar surface area (TPSA) is 37.3 Å². The molecular formula is C8H7ClO2. The zero-order valence-corrected chi connectivity index (χ0v) is 6.22. The Morgan fingerprint density at radius 1 is 1.73 bits per heavy atom. The molecule has 11 heavy (non-hydrogen) atoms. The first-order valence-corrected chi connectivity index (χ1v) is 3.22. The lowest BCUT2D eigenvalue weighted by atomic mass is 10.1. The van der Waals surface area contributed by atoms with Crippen LogP contribution in [0.15, 0.2) is 12.1 Å². The molecule has 0 radical (unpaired) electrons. The Hall–Kier alpha value is -1.02. The van der Waals surface area contributed by atoms with Gasteiger partial charge in [0, 0.05) is 9.13 Å². The average Bonchev–Trinajstić information content (AvgIpc) is 2.06. The van der Waals surface area contributed by atoms with E-state index in [1.54, 1.807) is 0 Å². The predicted molar refractivity (Wildman–Crippen MR) is 43.2 cm³/mol. The number of aromatic hydroxyl groups is 1. The lowest BCUT2D eigenvalue weighted by molar-refractivity contribution is 0.112. The number of phenols is 1. The number of phenolic OH excluding ortho intramolecular Hbond substituents is 1. The summed E-state index contributed by atoms with van der Waals surface area (Å²) in [6.45, 7) is -2.48. The zero-order valence-electron chi connectivity index (χ0n) is 8.47. The average molecular weight is 174 g/mol. The van der Waals surface area contributed by atoms with Crippen LogP contribution >= 0.6 is 11.6 Å². The molecule has 0 aromatic heterocycles. The Morgan fingerprint density at radius 2 is 2.45 bits per heavy atom. The minimum atomic E-state index is -2.48. The van der Waals surface area contributed by atoms with Gasteiger partial charge >= 0.3 is 0 Å². The minimum absolute atomic E-state index is 0.107. The second-order valence-electron chi connectivity index (χ2n) is 2.01. The Balaban J connectivity index is 3.44. The number of benzene rings is 1. The fourth-order valence-electron chi connectivity index (χ4n) is 0.710. The lowest BCUT2D eigenvalue weighted by Gasteiger charge is -2.01. The van der Waals surface area contributed by atoms with Gasteiger partial charge in [-0.3, -0.25) is 4.79 Å². The van der Waals surface area contributed by atoms with Crippen molar-refractivity contribution >= 4 is 17.9 Å². The van der Waals surface area contributed by atoms with Gasteiger partial charge in [0.15, 0.2) is 6.29 Å². The number of hydrogen-bond donors (Lipinski definition) is 1. The molecule has 1 aromatic carbocycles. The van der Waals surface area contributed by atoms with Gasteiger partial charge in [-0.05, 0) is 24.5 Å². The van der Waals surface area contributed by atoms with Crippen molar-refractivity contribution in [3.05, 3.63) is 28.3 Å². The van der Waals surface area contributed by atoms with E-state index in [0.717, 1.165) is 6.07 Å². The van der Waals surface area contributed by atoms with Crippen molar-refractivity contribution < 1.29 is 14.0 Å². The Morgan fingerprint density at radius 3 is 3.00 bits per heavy atom. The quantitative estimate of drug-likeness (QED) is 0.661. The Kier molecular flexibility index (Phi) is 1.27. The maximum absolute atomic E-state index is 10.5. The first kappa shape index (κ1) is 4.78. The third-order valence-corrected chi connectivity index (χ3v) is 1.45. The molecule has 1 N–H and O–H groups in total. The molecule has 0 amide bonds. The van der Waals surface area contributed by atoms with Crippen molar-refractivity contribution in [3.8, 4) is 5.75 Å². The normalized spacial score (nSPS) is 14.8. The Labute approximate surface area is 73.6 Å². The van der Waals surface area contributed by atoms with Gasteiger partial charge in [-0.2, -0.15) is 0 Å². The van der Waals surface area contributed by atoms with E-state index < -0.39 is 12.6 Å². The number of rotatable bonds is 1. The van der Waals surface area contributed by atoms with Gasteiger partial charge < -0.3 is 5.11 Å². The molecule has 0 saturated heterocycles. The first-order chi connectivity index (χ1) is 6.36. The number of halogens is 1. The highest BCUT2D eigenvalue weighted by Crippen LogP contribution is 2.24. The summed E-state index contributed by atoms with van der Waals surface area (Å²) >= 11 is 5.59. The van der Waals surface area contributed by atoms with Crippen molar-refractivity contribution in [1.29, 1.82) is 0 Å². The Bertz CT molecular complexity index is 374. The van der Waals surface area contributed by atoms with E-state index in [-0.39, 0.29) is 16.1 Å². The second-order valence-corrected chi connectivity index (χ2v) is 2.45. The largest absolute Gasteiger partial charge is 0.507 e. The van der Waals surface area contributed by atoms with Crippen LogP contribution in [0.1, 0.15) is 20.0 Å². The number of hydrogen-bond acceptors (Lipinski definition) is 2. The molecule has 0 aliphatic carbocycles. The molecule has 0 aliphatic heterocycles. The highest BCUT2D eigenvalue weighted by atomic mass is 35.5. The summed E-state index contributed by atoms with van der Waals surface area (Å²) in [7, 11) is 0. The van der Waals surface area contributed by atoms with E-state index in [1.807, 2.05) is 0 Å². The molecule has 1 rings (SSSR count). The maximum atomic E-state index is 10.5. The molecular weight excluding hydrogens is 164 g/mol. The summed E-state index contributed by atoms with van der Waals surface area (Å²) in [6, 6.07) is 2.33. The fourth-order valence-corrected chi connectivity index (χ4v) is 0.937. The minimum Gasteiger partial charge on any atom is -0.507 e. The summed E-state index contributed by atoms with van der Waals surface area (Å²) in [5.41, 5.74) is -0.435. The van der Waals surface area contributed by atoms with Gasteiger partial charge in [0.05, 0.1) is 5.56 Å². The molecule has 0 spiro atoms. The van der Waals surface area contributed by atoms with Gasteiger partial charge in [-0.1, -0.05) is 11.6 Å². The van der Waals surface area contributed by atoms with Gasteiger partial charge in [-0.15, -0.1) is 0 Å². The SMILES string of the molecule is [2H]C([2H])([2H])c1cc(Cl)cc(C=O)c1O. The van der Waals surface area contributed by atoms with Gasteiger partial charge in [0.2, 0.25) is 0 Å². The molecule has 3 heteroatoms. The van der Waals surface area contributed by atoms with Crippen molar-refractivity contribution in [2.75, 3.05) is 0 Å². The van der Waals surface area contributed by atoms with E-state index in [9.17, 15) is 9.90 Å². The van der Waals surface area contributed by atoms with Crippen LogP contribution in [0.5, 0.6) is 5.75 Å². The summed E-state index contributed by atoms with van der Waals surface area (Å²) in [5.74, 6) is -0.538. The van der Waals surface area contributed by atoms with E-state index in [2.05, 4.69) is 0 Å². The highest BCUT2D eigenvalue weighted by Gasteiger charge is 2.03. The summed E-state index contributed by atoms with van der Waals surface area (Å²) < 4.78 is 21.2. The number of aryl methyl sites for hydroxylation is 1. The molecule has 2 nitrogen and oxygen atoms in total. The molecule has 1 aromatic rings. The molecule has 58 valence electrons. The third-order valence-electron chi connectivity index (χ3n) is 1.23. The van der Waals surface area contributed by atoms with Gasteiger partial charge in [0.25, 0.3) is 0 Å². The van der Waals surface area contributed by atoms with Crippen molar-refractivity contribution in [1.82, 2.24) is 0 Å². The number of aldehydes is 1. The summed E-state index contributed by atoms with van der Waals surface area (Å²) in [4.78, 5) is 10.5. The van der Waals surface area contributed by atoms with Gasteiger partial charge in [-0.25, -0.2) is 0 Å². The van der Waals surface area contributed by atoms with Crippen LogP contribution in [0.25, 0.3) is 0 Å². The van der Waals surface area contributed by atoms with E-state index in [1.165, 1.54) is 6.07 Å². The van der Waals surface area contributed by atoms with Crippen LogP contribution in [0.2, 0.25) is 5.02 Å². The number of carbonyl (C=O) groups excluding carboxylic acids is 1. The molecule has 0 atom stereocenters. The third kappa shape index (κ3) is 1.52. The van der Waals surface area contributed by atoms with E-state index >= 15 is 0 Å². The monoisotopic (exact) mass is 173 g/mol. The van der Waals surface area contributed by atoms with Crippen LogP contribution < -0.4 is 0 Å². The van der Waals surface area contributed by atoms with Crippen LogP contribution in [0.3, 0.4) is 0 Å². The molecule has 0 saturated carbocycles. The van der Waals surface area contributed by atoms with E-state index in [0.29, 0.717) is 6.29 Å². The smallest absolute Gasteiger partial charge is 0.153 e. The highest BCUT2D eigenvalue weighted by molar-refractivity contribution is 6.31. The first-order valence-electron chi connectivity index (χ1n) is 4.34. The molecule has 0 bridgehead atoms. The van der Waals surface area contributed by atoms with Crippen molar-refractivity contribution in [2.24, 2.45) is 0 Å². The summed E-state index contributed by atoms with van der Waals surface area (Å²) in [6.07, 6.45) is 0.358. The zero-order chi connectivity index (χ0) is 10.9. The number of carbonyl (C=O) groups is 1. The predicted octanol–water partition coefficient (Wildman–Crippen LogP) is 2.17. The molecule has 0 aliphatic rings. The standard InChI is InChI=1S/C8H7ClO2/c1-5-2-7(9)3-6(4-10)8(5)11/h2-4,11H,1H3/i1D3. The van der Waals surface area contributed by atoms with Crippen LogP contribution in [-0.2, 0) is 0 Å².